The van der Waals surface area contributed by atoms with Crippen LogP contribution in [0.1, 0.15) is 44.6 Å². The first-order chi connectivity index (χ1) is 17.5. The molecular formula is C25H31ClN4O6S. The Hall–Kier alpha value is -3.18. The molecule has 2 aromatic carbocycles. The van der Waals surface area contributed by atoms with Crippen LogP contribution in [0.4, 0.5) is 11.4 Å². The molecule has 0 saturated heterocycles. The van der Waals surface area contributed by atoms with Crippen LogP contribution in [0.15, 0.2) is 48.5 Å². The summed E-state index contributed by atoms with van der Waals surface area (Å²) in [5.41, 5.74) is 0.269. The van der Waals surface area contributed by atoms with Crippen molar-refractivity contribution in [2.45, 2.75) is 57.7 Å². The number of hydrogen-bond donors (Lipinski definition) is 1. The van der Waals surface area contributed by atoms with Crippen LogP contribution in [0, 0.1) is 10.1 Å². The van der Waals surface area contributed by atoms with Crippen LogP contribution in [-0.4, -0.2) is 54.9 Å². The standard InChI is InChI=1S/C25H31ClN4O6S/c1-3-23(25(32)27-19-10-5-6-11-19)28(16-18-9-4-7-14-22(18)26)24(31)17-29(37(2,35)36)20-12-8-13-21(15-20)30(33)34/h4,7-9,12-15,19,23H,3,5-6,10-11,16-17H2,1-2H3,(H,27,32). The molecule has 200 valence electrons. The van der Waals surface area contributed by atoms with Crippen LogP contribution in [0.5, 0.6) is 0 Å². The Morgan fingerprint density at radius 3 is 2.43 bits per heavy atom. The van der Waals surface area contributed by atoms with Crippen molar-refractivity contribution < 1.29 is 22.9 Å². The van der Waals surface area contributed by atoms with Crippen molar-refractivity contribution in [3.05, 3.63) is 69.2 Å². The van der Waals surface area contributed by atoms with E-state index in [9.17, 15) is 28.1 Å². The summed E-state index contributed by atoms with van der Waals surface area (Å²) in [6, 6.07) is 11.1. The number of carbonyl (C=O) groups is 2. The van der Waals surface area contributed by atoms with Gasteiger partial charge >= 0.3 is 0 Å². The normalized spacial score (nSPS) is 14.7. The van der Waals surface area contributed by atoms with Gasteiger partial charge in [-0.2, -0.15) is 0 Å². The summed E-state index contributed by atoms with van der Waals surface area (Å²) < 4.78 is 26.2. The molecule has 2 amide bonds. The highest BCUT2D eigenvalue weighted by Gasteiger charge is 2.33. The van der Waals surface area contributed by atoms with Crippen LogP contribution in [0.3, 0.4) is 0 Å². The monoisotopic (exact) mass is 550 g/mol. The van der Waals surface area contributed by atoms with Crippen LogP contribution in [0.25, 0.3) is 0 Å². The summed E-state index contributed by atoms with van der Waals surface area (Å²) in [6.45, 7) is 1.12. The van der Waals surface area contributed by atoms with E-state index < -0.39 is 33.4 Å². The zero-order chi connectivity index (χ0) is 27.2. The summed E-state index contributed by atoms with van der Waals surface area (Å²) in [7, 11) is -4.00. The maximum atomic E-state index is 13.7. The highest BCUT2D eigenvalue weighted by Crippen LogP contribution is 2.25. The van der Waals surface area contributed by atoms with Gasteiger partial charge in [-0.15, -0.1) is 0 Å². The minimum Gasteiger partial charge on any atom is -0.352 e. The van der Waals surface area contributed by atoms with Crippen LogP contribution in [0.2, 0.25) is 5.02 Å². The Bertz CT molecular complexity index is 1250. The molecule has 1 N–H and O–H groups in total. The zero-order valence-electron chi connectivity index (χ0n) is 20.8. The van der Waals surface area contributed by atoms with E-state index in [2.05, 4.69) is 5.32 Å². The van der Waals surface area contributed by atoms with Gasteiger partial charge in [-0.1, -0.05) is 55.6 Å². The highest BCUT2D eigenvalue weighted by atomic mass is 35.5. The molecule has 0 spiro atoms. The molecule has 1 aliphatic rings. The highest BCUT2D eigenvalue weighted by molar-refractivity contribution is 7.92. The third-order valence-corrected chi connectivity index (χ3v) is 7.90. The van der Waals surface area contributed by atoms with E-state index in [0.29, 0.717) is 17.0 Å². The number of anilines is 1. The number of halogens is 1. The number of rotatable bonds is 11. The van der Waals surface area contributed by atoms with Gasteiger partial charge in [-0.3, -0.25) is 24.0 Å². The minimum absolute atomic E-state index is 0.0123. The molecule has 1 saturated carbocycles. The fourth-order valence-electron chi connectivity index (χ4n) is 4.47. The third kappa shape index (κ3) is 7.42. The summed E-state index contributed by atoms with van der Waals surface area (Å²) in [4.78, 5) is 38.9. The maximum Gasteiger partial charge on any atom is 0.271 e. The van der Waals surface area contributed by atoms with Gasteiger partial charge in [0.25, 0.3) is 5.69 Å². The number of nitrogens with one attached hydrogen (secondary N) is 1. The van der Waals surface area contributed by atoms with Crippen LogP contribution >= 0.6 is 11.6 Å². The molecule has 0 radical (unpaired) electrons. The molecule has 10 nitrogen and oxygen atoms in total. The molecule has 0 bridgehead atoms. The molecule has 3 rings (SSSR count). The van der Waals surface area contributed by atoms with E-state index in [4.69, 9.17) is 11.6 Å². The molecule has 12 heteroatoms. The number of non-ortho nitro benzene ring substituents is 1. The van der Waals surface area contributed by atoms with Gasteiger partial charge in [-0.05, 0) is 37.0 Å². The van der Waals surface area contributed by atoms with Crippen molar-refractivity contribution in [3.8, 4) is 0 Å². The lowest BCUT2D eigenvalue weighted by atomic mass is 10.1. The van der Waals surface area contributed by atoms with Gasteiger partial charge < -0.3 is 10.2 Å². The largest absolute Gasteiger partial charge is 0.352 e. The zero-order valence-corrected chi connectivity index (χ0v) is 22.4. The van der Waals surface area contributed by atoms with Gasteiger partial charge in [0.15, 0.2) is 0 Å². The number of amides is 2. The molecule has 1 fully saturated rings. The quantitative estimate of drug-likeness (QED) is 0.334. The number of hydrogen-bond acceptors (Lipinski definition) is 6. The second-order valence-electron chi connectivity index (χ2n) is 9.07. The van der Waals surface area contributed by atoms with Crippen molar-refractivity contribution >= 4 is 44.8 Å². The lowest BCUT2D eigenvalue weighted by molar-refractivity contribution is -0.384. The summed E-state index contributed by atoms with van der Waals surface area (Å²) in [5, 5.41) is 14.7. The van der Waals surface area contributed by atoms with Gasteiger partial charge in [0, 0.05) is 29.7 Å². The van der Waals surface area contributed by atoms with Gasteiger partial charge in [0.05, 0.1) is 16.9 Å². The Kier molecular flexibility index (Phi) is 9.50. The van der Waals surface area contributed by atoms with Crippen molar-refractivity contribution in [1.82, 2.24) is 10.2 Å². The summed E-state index contributed by atoms with van der Waals surface area (Å²) in [6.07, 6.45) is 5.00. The first-order valence-electron chi connectivity index (χ1n) is 12.1. The van der Waals surface area contributed by atoms with Crippen LogP contribution in [-0.2, 0) is 26.2 Å². The lowest BCUT2D eigenvalue weighted by Crippen LogP contribution is -2.53. The number of nitrogens with zero attached hydrogens (tertiary/aromatic N) is 3. The molecular weight excluding hydrogens is 520 g/mol. The number of nitro benzene ring substituents is 1. The number of nitro groups is 1. The molecule has 2 aromatic rings. The topological polar surface area (TPSA) is 130 Å². The smallest absolute Gasteiger partial charge is 0.271 e. The van der Waals surface area contributed by atoms with E-state index in [1.54, 1.807) is 31.2 Å². The molecule has 0 heterocycles. The molecule has 0 aliphatic heterocycles. The second-order valence-corrected chi connectivity index (χ2v) is 11.4. The Morgan fingerprint density at radius 2 is 1.84 bits per heavy atom. The molecule has 0 aromatic heterocycles. The minimum atomic E-state index is -4.00. The Balaban J connectivity index is 1.95. The van der Waals surface area contributed by atoms with Gasteiger partial charge in [0.1, 0.15) is 12.6 Å². The number of benzene rings is 2. The lowest BCUT2D eigenvalue weighted by Gasteiger charge is -2.33. The molecule has 1 atom stereocenters. The average molecular weight is 551 g/mol. The molecule has 1 aliphatic carbocycles. The fraction of sp³-hybridized carbons (Fsp3) is 0.440. The van der Waals surface area contributed by atoms with Crippen molar-refractivity contribution in [2.24, 2.45) is 0 Å². The first-order valence-corrected chi connectivity index (χ1v) is 14.3. The second kappa shape index (κ2) is 12.4. The summed E-state index contributed by atoms with van der Waals surface area (Å²) in [5.74, 6) is -0.943. The van der Waals surface area contributed by atoms with Crippen molar-refractivity contribution in [2.75, 3.05) is 17.1 Å². The van der Waals surface area contributed by atoms with Gasteiger partial charge in [0.2, 0.25) is 21.8 Å². The summed E-state index contributed by atoms with van der Waals surface area (Å²) >= 11 is 6.35. The van der Waals surface area contributed by atoms with E-state index in [0.717, 1.165) is 42.3 Å². The van der Waals surface area contributed by atoms with E-state index >= 15 is 0 Å². The molecule has 1 unspecified atom stereocenters. The predicted octanol–water partition coefficient (Wildman–Crippen LogP) is 3.88. The van der Waals surface area contributed by atoms with Crippen molar-refractivity contribution in [1.29, 1.82) is 0 Å². The fourth-order valence-corrected chi connectivity index (χ4v) is 5.51. The van der Waals surface area contributed by atoms with E-state index in [-0.39, 0.29) is 29.9 Å². The first kappa shape index (κ1) is 28.4. The van der Waals surface area contributed by atoms with E-state index in [1.165, 1.54) is 23.1 Å². The number of carbonyl (C=O) groups excluding carboxylic acids is 2. The Labute approximate surface area is 221 Å². The number of sulfonamides is 1. The average Bonchev–Trinajstić information content (AvgIpc) is 3.35. The maximum absolute atomic E-state index is 13.7. The third-order valence-electron chi connectivity index (χ3n) is 6.39. The van der Waals surface area contributed by atoms with Crippen molar-refractivity contribution in [3.63, 3.8) is 0 Å². The van der Waals surface area contributed by atoms with Gasteiger partial charge in [-0.25, -0.2) is 8.42 Å². The van der Waals surface area contributed by atoms with Crippen LogP contribution < -0.4 is 9.62 Å². The Morgan fingerprint density at radius 1 is 1.16 bits per heavy atom. The van der Waals surface area contributed by atoms with E-state index in [1.807, 2.05) is 0 Å². The molecule has 37 heavy (non-hydrogen) atoms. The predicted molar refractivity (Wildman–Crippen MR) is 142 cm³/mol. The SMILES string of the molecule is CCC(C(=O)NC1CCCC1)N(Cc1ccccc1Cl)C(=O)CN(c1cccc([N+](=O)[O-])c1)S(C)(=O)=O.